The standard InChI is InChI=1S/C23H24N4O4/c28-22(18-10-17-12-25-27(21(17)24-11-18)19-8-4-5-9-19)31-20-13-26(14-20)23(29)30-15-16-6-2-1-3-7-16/h1-3,6-7,10-12,19-20H,4-5,8-9,13-15H2. The van der Waals surface area contributed by atoms with Gasteiger partial charge in [0, 0.05) is 11.6 Å². The molecule has 0 radical (unpaired) electrons. The molecule has 1 aliphatic carbocycles. The van der Waals surface area contributed by atoms with Gasteiger partial charge in [-0.05, 0) is 24.5 Å². The summed E-state index contributed by atoms with van der Waals surface area (Å²) in [6.07, 6.45) is 7.23. The molecule has 160 valence electrons. The zero-order valence-electron chi connectivity index (χ0n) is 17.1. The molecular formula is C23H24N4O4. The maximum atomic E-state index is 12.5. The largest absolute Gasteiger partial charge is 0.455 e. The van der Waals surface area contributed by atoms with Crippen molar-refractivity contribution in [1.29, 1.82) is 0 Å². The molecule has 31 heavy (non-hydrogen) atoms. The number of fused-ring (bicyclic) bond motifs is 1. The van der Waals surface area contributed by atoms with E-state index in [1.54, 1.807) is 18.5 Å². The monoisotopic (exact) mass is 420 g/mol. The van der Waals surface area contributed by atoms with Crippen molar-refractivity contribution >= 4 is 23.1 Å². The molecule has 0 unspecified atom stereocenters. The molecule has 2 aliphatic rings. The van der Waals surface area contributed by atoms with E-state index < -0.39 is 12.1 Å². The van der Waals surface area contributed by atoms with Gasteiger partial charge in [0.05, 0.1) is 30.9 Å². The lowest BCUT2D eigenvalue weighted by Gasteiger charge is -2.37. The number of hydrogen-bond donors (Lipinski definition) is 0. The van der Waals surface area contributed by atoms with Crippen LogP contribution in [0.15, 0.2) is 48.8 Å². The number of benzene rings is 1. The third-order valence-electron chi connectivity index (χ3n) is 5.92. The fourth-order valence-corrected chi connectivity index (χ4v) is 4.16. The lowest BCUT2D eigenvalue weighted by atomic mass is 10.2. The molecule has 8 heteroatoms. The summed E-state index contributed by atoms with van der Waals surface area (Å²) in [5, 5.41) is 5.31. The maximum absolute atomic E-state index is 12.5. The van der Waals surface area contributed by atoms with Crippen LogP contribution in [-0.4, -0.2) is 50.9 Å². The number of hydrogen-bond acceptors (Lipinski definition) is 6. The van der Waals surface area contributed by atoms with Gasteiger partial charge in [-0.1, -0.05) is 43.2 Å². The van der Waals surface area contributed by atoms with Crippen LogP contribution >= 0.6 is 0 Å². The minimum Gasteiger partial charge on any atom is -0.455 e. The molecule has 0 atom stereocenters. The van der Waals surface area contributed by atoms with Crippen LogP contribution in [0.25, 0.3) is 11.0 Å². The van der Waals surface area contributed by atoms with Gasteiger partial charge in [-0.15, -0.1) is 0 Å². The van der Waals surface area contributed by atoms with Crippen LogP contribution in [0, 0.1) is 0 Å². The Morgan fingerprint density at radius 1 is 1.06 bits per heavy atom. The lowest BCUT2D eigenvalue weighted by molar-refractivity contribution is -0.0305. The molecule has 1 aliphatic heterocycles. The summed E-state index contributed by atoms with van der Waals surface area (Å²) in [7, 11) is 0. The molecule has 0 N–H and O–H groups in total. The van der Waals surface area contributed by atoms with Gasteiger partial charge in [0.1, 0.15) is 12.7 Å². The first-order valence-electron chi connectivity index (χ1n) is 10.7. The van der Waals surface area contributed by atoms with E-state index in [4.69, 9.17) is 9.47 Å². The Bertz CT molecular complexity index is 1090. The molecular weight excluding hydrogens is 396 g/mol. The lowest BCUT2D eigenvalue weighted by Crippen LogP contribution is -2.55. The van der Waals surface area contributed by atoms with E-state index >= 15 is 0 Å². The average Bonchev–Trinajstić information content (AvgIpc) is 3.44. The highest BCUT2D eigenvalue weighted by atomic mass is 16.6. The smallest absolute Gasteiger partial charge is 0.410 e. The molecule has 1 aromatic carbocycles. The van der Waals surface area contributed by atoms with E-state index in [-0.39, 0.29) is 12.7 Å². The fraction of sp³-hybridized carbons (Fsp3) is 0.391. The van der Waals surface area contributed by atoms with E-state index in [0.29, 0.717) is 24.7 Å². The number of pyridine rings is 1. The van der Waals surface area contributed by atoms with Crippen molar-refractivity contribution in [2.24, 2.45) is 0 Å². The third kappa shape index (κ3) is 4.10. The second-order valence-corrected chi connectivity index (χ2v) is 8.14. The number of rotatable bonds is 5. The van der Waals surface area contributed by atoms with E-state index in [2.05, 4.69) is 10.1 Å². The molecule has 1 saturated carbocycles. The zero-order valence-corrected chi connectivity index (χ0v) is 17.1. The number of carbonyl (C=O) groups excluding carboxylic acids is 2. The van der Waals surface area contributed by atoms with E-state index in [1.165, 1.54) is 17.7 Å². The molecule has 3 aromatic rings. The second-order valence-electron chi connectivity index (χ2n) is 8.14. The first-order chi connectivity index (χ1) is 15.2. The second kappa shape index (κ2) is 8.37. The normalized spacial score (nSPS) is 17.0. The predicted octanol–water partition coefficient (Wildman–Crippen LogP) is 3.72. The highest BCUT2D eigenvalue weighted by molar-refractivity contribution is 5.93. The van der Waals surface area contributed by atoms with Crippen molar-refractivity contribution in [3.05, 3.63) is 59.9 Å². The zero-order chi connectivity index (χ0) is 21.2. The SMILES string of the molecule is O=C(OC1CN(C(=O)OCc2ccccc2)C1)c1cnc2c(cnn2C2CCCC2)c1. The summed E-state index contributed by atoms with van der Waals surface area (Å²) < 4.78 is 12.8. The molecule has 5 rings (SSSR count). The van der Waals surface area contributed by atoms with Crippen LogP contribution in [-0.2, 0) is 16.1 Å². The van der Waals surface area contributed by atoms with Gasteiger partial charge in [-0.3, -0.25) is 0 Å². The fourth-order valence-electron chi connectivity index (χ4n) is 4.16. The van der Waals surface area contributed by atoms with Crippen LogP contribution in [0.5, 0.6) is 0 Å². The van der Waals surface area contributed by atoms with Crippen molar-refractivity contribution in [3.8, 4) is 0 Å². The topological polar surface area (TPSA) is 86.6 Å². The van der Waals surface area contributed by atoms with Gasteiger partial charge in [0.25, 0.3) is 0 Å². The Morgan fingerprint density at radius 2 is 1.84 bits per heavy atom. The number of ether oxygens (including phenoxy) is 2. The summed E-state index contributed by atoms with van der Waals surface area (Å²) in [4.78, 5) is 30.6. The number of amides is 1. The van der Waals surface area contributed by atoms with Gasteiger partial charge < -0.3 is 14.4 Å². The first-order valence-corrected chi connectivity index (χ1v) is 10.7. The Balaban J connectivity index is 1.13. The molecule has 0 spiro atoms. The summed E-state index contributed by atoms with van der Waals surface area (Å²) in [6, 6.07) is 11.7. The molecule has 2 fully saturated rings. The van der Waals surface area contributed by atoms with Crippen molar-refractivity contribution < 1.29 is 19.1 Å². The van der Waals surface area contributed by atoms with Gasteiger partial charge in [-0.25, -0.2) is 19.3 Å². The minimum atomic E-state index is -0.440. The Morgan fingerprint density at radius 3 is 2.61 bits per heavy atom. The Labute approximate surface area is 179 Å². The Hall–Kier alpha value is -3.42. The minimum absolute atomic E-state index is 0.223. The van der Waals surface area contributed by atoms with Crippen LogP contribution in [0.4, 0.5) is 4.79 Å². The van der Waals surface area contributed by atoms with E-state index in [1.807, 2.05) is 35.0 Å². The maximum Gasteiger partial charge on any atom is 0.410 e. The molecule has 1 amide bonds. The van der Waals surface area contributed by atoms with Gasteiger partial charge >= 0.3 is 12.1 Å². The third-order valence-corrected chi connectivity index (χ3v) is 5.92. The summed E-state index contributed by atoms with van der Waals surface area (Å²) in [5.74, 6) is -0.440. The number of carbonyl (C=O) groups is 2. The molecule has 1 saturated heterocycles. The highest BCUT2D eigenvalue weighted by Gasteiger charge is 2.35. The number of likely N-dealkylation sites (tertiary alicyclic amines) is 1. The number of aromatic nitrogens is 3. The quantitative estimate of drug-likeness (QED) is 0.585. The first kappa shape index (κ1) is 19.5. The van der Waals surface area contributed by atoms with Crippen LogP contribution in [0.1, 0.15) is 47.6 Å². The van der Waals surface area contributed by atoms with Crippen LogP contribution in [0.2, 0.25) is 0 Å². The van der Waals surface area contributed by atoms with E-state index in [0.717, 1.165) is 29.4 Å². The molecule has 3 heterocycles. The van der Waals surface area contributed by atoms with Crippen molar-refractivity contribution in [3.63, 3.8) is 0 Å². The van der Waals surface area contributed by atoms with Gasteiger partial charge in [0.15, 0.2) is 5.65 Å². The van der Waals surface area contributed by atoms with Gasteiger partial charge in [-0.2, -0.15) is 5.10 Å². The van der Waals surface area contributed by atoms with Crippen molar-refractivity contribution in [1.82, 2.24) is 19.7 Å². The summed E-state index contributed by atoms with van der Waals surface area (Å²) >= 11 is 0. The molecule has 2 aromatic heterocycles. The number of nitrogens with zero attached hydrogens (tertiary/aromatic N) is 4. The summed E-state index contributed by atoms with van der Waals surface area (Å²) in [6.45, 7) is 0.879. The Kier molecular flexibility index (Phi) is 5.28. The summed E-state index contributed by atoms with van der Waals surface area (Å²) in [5.41, 5.74) is 2.13. The highest BCUT2D eigenvalue weighted by Crippen LogP contribution is 2.31. The average molecular weight is 420 g/mol. The van der Waals surface area contributed by atoms with Crippen LogP contribution < -0.4 is 0 Å². The predicted molar refractivity (Wildman–Crippen MR) is 112 cm³/mol. The molecule has 0 bridgehead atoms. The van der Waals surface area contributed by atoms with Crippen molar-refractivity contribution in [2.75, 3.05) is 13.1 Å². The van der Waals surface area contributed by atoms with E-state index in [9.17, 15) is 9.59 Å². The van der Waals surface area contributed by atoms with Gasteiger partial charge in [0.2, 0.25) is 0 Å². The van der Waals surface area contributed by atoms with Crippen LogP contribution in [0.3, 0.4) is 0 Å². The van der Waals surface area contributed by atoms with Crippen molar-refractivity contribution in [2.45, 2.75) is 44.4 Å². The number of esters is 1. The molecule has 8 nitrogen and oxygen atoms in total.